The Bertz CT molecular complexity index is 3110. The van der Waals surface area contributed by atoms with Gasteiger partial charge in [0.15, 0.2) is 0 Å². The number of halogens is 18. The van der Waals surface area contributed by atoms with E-state index in [2.05, 4.69) is 0 Å². The van der Waals surface area contributed by atoms with E-state index < -0.39 is 121 Å². The molecule has 8 aromatic rings. The van der Waals surface area contributed by atoms with Crippen LogP contribution >= 0.6 is 0 Å². The van der Waals surface area contributed by atoms with Crippen molar-refractivity contribution in [2.45, 2.75) is 37.1 Å². The maximum absolute atomic E-state index is 15.0. The van der Waals surface area contributed by atoms with E-state index in [1.54, 1.807) is 6.07 Å². The summed E-state index contributed by atoms with van der Waals surface area (Å²) in [6.45, 7) is 0. The highest BCUT2D eigenvalue weighted by Gasteiger charge is 2.40. The number of rotatable bonds is 3. The molecule has 0 unspecified atom stereocenters. The Morgan fingerprint density at radius 3 is 0.953 bits per heavy atom. The Hall–Kier alpha value is -6.85. The topological polar surface area (TPSA) is 33.6 Å². The normalized spacial score (nSPS) is 13.5. The van der Waals surface area contributed by atoms with Gasteiger partial charge in [-0.15, -0.1) is 0 Å². The molecule has 0 N–H and O–H groups in total. The van der Waals surface area contributed by atoms with Crippen molar-refractivity contribution in [2.75, 3.05) is 0 Å². The molecule has 2 heterocycles. The Morgan fingerprint density at radius 2 is 0.641 bits per heavy atom. The van der Waals surface area contributed by atoms with Crippen LogP contribution in [0.1, 0.15) is 38.9 Å². The van der Waals surface area contributed by atoms with Gasteiger partial charge in [0.1, 0.15) is 6.07 Å². The zero-order valence-electron chi connectivity index (χ0n) is 31.0. The molecule has 0 saturated carbocycles. The zero-order valence-corrected chi connectivity index (χ0v) is 31.0. The minimum absolute atomic E-state index is 0.160. The van der Waals surface area contributed by atoms with Gasteiger partial charge in [0.05, 0.1) is 72.4 Å². The van der Waals surface area contributed by atoms with Crippen LogP contribution in [-0.2, 0) is 37.1 Å². The molecule has 0 aliphatic heterocycles. The van der Waals surface area contributed by atoms with E-state index in [-0.39, 0.29) is 39.7 Å². The number of nitrogens with zero attached hydrogens (tertiary/aromatic N) is 3. The molecule has 0 aliphatic carbocycles. The van der Waals surface area contributed by atoms with Gasteiger partial charge in [0.2, 0.25) is 0 Å². The van der Waals surface area contributed by atoms with Crippen LogP contribution in [0.2, 0.25) is 0 Å². The molecular formula is C43H17F18N3. The Labute approximate surface area is 344 Å². The molecule has 21 heteroatoms. The van der Waals surface area contributed by atoms with E-state index in [9.17, 15) is 71.1 Å². The predicted octanol–water partition coefficient (Wildman–Crippen LogP) is 15.5. The van der Waals surface area contributed by atoms with Gasteiger partial charge in [0.25, 0.3) is 0 Å². The molecule has 0 fully saturated rings. The zero-order chi connectivity index (χ0) is 46.9. The van der Waals surface area contributed by atoms with Crippen molar-refractivity contribution >= 4 is 43.6 Å². The SMILES string of the molecule is N#Cc1cc(-n2c3cc(C(F)(F)F)ccc3c3ccc(C(F)(F)F)cc32)c(-c2ccc(C(F)(F)F)cc2C(F)(F)F)cc1-n1c2cc(C(F)(F)F)ccc2c2ccc(C(F)(F)F)cc21. The fraction of sp³-hybridized carbons (Fsp3) is 0.140. The fourth-order valence-corrected chi connectivity index (χ4v) is 7.70. The summed E-state index contributed by atoms with van der Waals surface area (Å²) in [5, 5.41) is 9.74. The second-order valence-electron chi connectivity index (χ2n) is 14.3. The van der Waals surface area contributed by atoms with Gasteiger partial charge in [-0.1, -0.05) is 30.3 Å². The van der Waals surface area contributed by atoms with Crippen LogP contribution in [0.5, 0.6) is 0 Å². The first-order chi connectivity index (χ1) is 29.5. The molecule has 64 heavy (non-hydrogen) atoms. The van der Waals surface area contributed by atoms with E-state index in [0.717, 1.165) is 24.3 Å². The lowest BCUT2D eigenvalue weighted by Gasteiger charge is -2.22. The lowest BCUT2D eigenvalue weighted by Crippen LogP contribution is -2.13. The summed E-state index contributed by atoms with van der Waals surface area (Å²) in [5.74, 6) is 0. The number of hydrogen-bond acceptors (Lipinski definition) is 1. The van der Waals surface area contributed by atoms with Crippen molar-refractivity contribution in [2.24, 2.45) is 0 Å². The van der Waals surface area contributed by atoms with Crippen molar-refractivity contribution in [1.82, 2.24) is 9.13 Å². The largest absolute Gasteiger partial charge is 0.417 e. The third-order valence-electron chi connectivity index (χ3n) is 10.5. The minimum atomic E-state index is -5.73. The molecule has 0 bridgehead atoms. The summed E-state index contributed by atoms with van der Waals surface area (Å²) in [6, 6.07) is 10.2. The monoisotopic (exact) mass is 917 g/mol. The minimum Gasteiger partial charge on any atom is -0.309 e. The summed E-state index contributed by atoms with van der Waals surface area (Å²) in [5.41, 5.74) is -16.8. The van der Waals surface area contributed by atoms with Crippen LogP contribution in [0, 0.1) is 11.3 Å². The van der Waals surface area contributed by atoms with Gasteiger partial charge in [0, 0.05) is 27.1 Å². The van der Waals surface area contributed by atoms with Crippen molar-refractivity contribution in [3.63, 3.8) is 0 Å². The Balaban J connectivity index is 1.62. The first-order valence-electron chi connectivity index (χ1n) is 17.8. The molecule has 330 valence electrons. The number of hydrogen-bond donors (Lipinski definition) is 0. The maximum Gasteiger partial charge on any atom is 0.417 e. The lowest BCUT2D eigenvalue weighted by atomic mass is 9.93. The number of aromatic nitrogens is 2. The van der Waals surface area contributed by atoms with E-state index in [4.69, 9.17) is 0 Å². The molecule has 8 rings (SSSR count). The van der Waals surface area contributed by atoms with Crippen molar-refractivity contribution in [3.8, 4) is 28.6 Å². The molecule has 6 aromatic carbocycles. The first-order valence-corrected chi connectivity index (χ1v) is 17.8. The van der Waals surface area contributed by atoms with E-state index in [1.165, 1.54) is 0 Å². The second kappa shape index (κ2) is 14.1. The van der Waals surface area contributed by atoms with Gasteiger partial charge in [-0.3, -0.25) is 0 Å². The summed E-state index contributed by atoms with van der Waals surface area (Å²) < 4.78 is 258. The molecule has 0 radical (unpaired) electrons. The van der Waals surface area contributed by atoms with E-state index in [0.29, 0.717) is 69.8 Å². The smallest absolute Gasteiger partial charge is 0.309 e. The van der Waals surface area contributed by atoms with Gasteiger partial charge in [-0.2, -0.15) is 84.3 Å². The molecule has 0 amide bonds. The van der Waals surface area contributed by atoms with Crippen LogP contribution in [0.3, 0.4) is 0 Å². The number of nitriles is 1. The average Bonchev–Trinajstić information content (AvgIpc) is 3.69. The Kier molecular flexibility index (Phi) is 9.63. The summed E-state index contributed by atoms with van der Waals surface area (Å²) in [7, 11) is 0. The van der Waals surface area contributed by atoms with Crippen molar-refractivity contribution < 1.29 is 79.0 Å². The number of alkyl halides is 18. The lowest BCUT2D eigenvalue weighted by molar-refractivity contribution is -0.143. The van der Waals surface area contributed by atoms with Crippen LogP contribution in [0.15, 0.2) is 103 Å². The molecule has 0 atom stereocenters. The first kappa shape index (κ1) is 43.8. The highest BCUT2D eigenvalue weighted by atomic mass is 19.4. The van der Waals surface area contributed by atoms with E-state index in [1.807, 2.05) is 0 Å². The molecular weight excluding hydrogens is 900 g/mol. The third-order valence-corrected chi connectivity index (χ3v) is 10.5. The van der Waals surface area contributed by atoms with Gasteiger partial charge in [-0.05, 0) is 78.4 Å². The van der Waals surface area contributed by atoms with Gasteiger partial charge >= 0.3 is 37.1 Å². The van der Waals surface area contributed by atoms with Crippen LogP contribution in [0.25, 0.3) is 66.1 Å². The summed E-state index contributed by atoms with van der Waals surface area (Å²) in [4.78, 5) is 0. The highest BCUT2D eigenvalue weighted by Crippen LogP contribution is 2.48. The molecule has 0 saturated heterocycles. The van der Waals surface area contributed by atoms with Gasteiger partial charge < -0.3 is 9.13 Å². The number of fused-ring (bicyclic) bond motifs is 6. The third kappa shape index (κ3) is 7.37. The standard InChI is InChI=1S/C43H17F18N3/c44-38(45,46)20-1-6-25(31(12-20)43(59,60)61)30-17-32(63-34-13-21(39(47,48)49)2-7-26(34)27-8-3-22(14-35(27)63)40(50,51)52)19(18-62)11-33(30)64-36-15-23(41(53,54)55)4-9-28(36)29-10-5-24(16-37(29)64)42(56,57)58/h1-17H. The highest BCUT2D eigenvalue weighted by molar-refractivity contribution is 6.12. The predicted molar refractivity (Wildman–Crippen MR) is 195 cm³/mol. The van der Waals surface area contributed by atoms with Crippen molar-refractivity contribution in [1.29, 1.82) is 5.26 Å². The Morgan fingerprint density at radius 1 is 0.328 bits per heavy atom. The van der Waals surface area contributed by atoms with Gasteiger partial charge in [-0.25, -0.2) is 0 Å². The van der Waals surface area contributed by atoms with Crippen LogP contribution in [-0.4, -0.2) is 9.13 Å². The molecule has 0 aliphatic rings. The average molecular weight is 918 g/mol. The van der Waals surface area contributed by atoms with Crippen LogP contribution < -0.4 is 0 Å². The maximum atomic E-state index is 15.0. The molecule has 0 spiro atoms. The van der Waals surface area contributed by atoms with E-state index >= 15 is 13.2 Å². The molecule has 2 aromatic heterocycles. The molecule has 3 nitrogen and oxygen atoms in total. The summed E-state index contributed by atoms with van der Waals surface area (Å²) >= 11 is 0. The summed E-state index contributed by atoms with van der Waals surface area (Å²) in [6.07, 6.45) is -31.7. The van der Waals surface area contributed by atoms with Crippen molar-refractivity contribution in [3.05, 3.63) is 142 Å². The number of benzene rings is 6. The second-order valence-corrected chi connectivity index (χ2v) is 14.3. The quantitative estimate of drug-likeness (QED) is 0.163. The fourth-order valence-electron chi connectivity index (χ4n) is 7.70. The van der Waals surface area contributed by atoms with Crippen LogP contribution in [0.4, 0.5) is 79.0 Å².